The molecular weight excluding hydrogens is 382 g/mol. The molecule has 2 N–H and O–H groups in total. The van der Waals surface area contributed by atoms with E-state index in [-0.39, 0.29) is 6.04 Å². The van der Waals surface area contributed by atoms with Crippen LogP contribution in [0.15, 0.2) is 30.5 Å². The third-order valence-electron chi connectivity index (χ3n) is 6.04. The van der Waals surface area contributed by atoms with Gasteiger partial charge in [-0.15, -0.1) is 10.2 Å². The molecule has 0 saturated heterocycles. The molecule has 1 aliphatic rings. The molecule has 3 aromatic heterocycles. The van der Waals surface area contributed by atoms with Crippen LogP contribution in [-0.4, -0.2) is 53.5 Å². The molecule has 1 aromatic carbocycles. The van der Waals surface area contributed by atoms with Gasteiger partial charge in [-0.3, -0.25) is 0 Å². The maximum absolute atomic E-state index is 10.2. The summed E-state index contributed by atoms with van der Waals surface area (Å²) in [4.78, 5) is 4.58. The summed E-state index contributed by atoms with van der Waals surface area (Å²) >= 11 is 0. The summed E-state index contributed by atoms with van der Waals surface area (Å²) in [6.07, 6.45) is 4.06. The Kier molecular flexibility index (Phi) is 4.35. The van der Waals surface area contributed by atoms with Gasteiger partial charge in [0.05, 0.1) is 18.2 Å². The largest absolute Gasteiger partial charge is 0.479 e. The van der Waals surface area contributed by atoms with E-state index in [0.29, 0.717) is 24.7 Å². The van der Waals surface area contributed by atoms with Gasteiger partial charge < -0.3 is 15.2 Å². The highest BCUT2D eigenvalue weighted by Gasteiger charge is 2.41. The van der Waals surface area contributed by atoms with Gasteiger partial charge in [0.1, 0.15) is 11.0 Å². The number of nitrogens with one attached hydrogen (secondary N) is 1. The molecule has 4 aromatic rings. The molecule has 0 spiro atoms. The topological polar surface area (TPSA) is 102 Å². The van der Waals surface area contributed by atoms with E-state index >= 15 is 0 Å². The van der Waals surface area contributed by atoms with Gasteiger partial charge in [-0.1, -0.05) is 18.2 Å². The van der Waals surface area contributed by atoms with Gasteiger partial charge in [-0.25, -0.2) is 9.20 Å². The number of hydrogen-bond acceptors (Lipinski definition) is 7. The van der Waals surface area contributed by atoms with E-state index in [1.54, 1.807) is 11.6 Å². The highest BCUT2D eigenvalue weighted by atomic mass is 16.5. The molecule has 0 unspecified atom stereocenters. The smallest absolute Gasteiger partial charge is 0.244 e. The summed E-state index contributed by atoms with van der Waals surface area (Å²) < 4.78 is 9.27. The quantitative estimate of drug-likeness (QED) is 0.507. The molecule has 1 aliphatic carbocycles. The van der Waals surface area contributed by atoms with E-state index in [1.165, 1.54) is 0 Å². The molecular formula is C21H25N7O2. The van der Waals surface area contributed by atoms with Crippen LogP contribution in [0.4, 0.5) is 5.95 Å². The second-order valence-corrected chi connectivity index (χ2v) is 7.90. The fourth-order valence-electron chi connectivity index (χ4n) is 4.23. The van der Waals surface area contributed by atoms with Gasteiger partial charge in [0.15, 0.2) is 0 Å². The maximum Gasteiger partial charge on any atom is 0.244 e. The van der Waals surface area contributed by atoms with Crippen molar-refractivity contribution in [2.75, 3.05) is 12.4 Å². The third-order valence-corrected chi connectivity index (χ3v) is 6.04. The molecule has 1 saturated carbocycles. The Balaban J connectivity index is 1.52. The van der Waals surface area contributed by atoms with E-state index in [0.717, 1.165) is 40.6 Å². The predicted octanol–water partition coefficient (Wildman–Crippen LogP) is 2.88. The summed E-state index contributed by atoms with van der Waals surface area (Å²) in [6, 6.07) is 8.26. The van der Waals surface area contributed by atoms with Gasteiger partial charge >= 0.3 is 0 Å². The number of aliphatic hydroxyl groups is 1. The van der Waals surface area contributed by atoms with Crippen molar-refractivity contribution in [1.82, 2.24) is 29.6 Å². The Bertz CT molecular complexity index is 1220. The number of benzene rings is 1. The molecule has 5 rings (SSSR count). The highest BCUT2D eigenvalue weighted by Crippen LogP contribution is 2.37. The van der Waals surface area contributed by atoms with Crippen LogP contribution in [-0.2, 0) is 6.54 Å². The minimum Gasteiger partial charge on any atom is -0.479 e. The van der Waals surface area contributed by atoms with E-state index in [9.17, 15) is 5.11 Å². The van der Waals surface area contributed by atoms with Crippen LogP contribution in [0.25, 0.3) is 27.7 Å². The SMILES string of the molecule is CCn1nnc2ccc(-c3ccn4nc(NC5CC(O)(CC)C5)nc(OC)c34)cc21. The first kappa shape index (κ1) is 18.8. The van der Waals surface area contributed by atoms with Gasteiger partial charge in [0.2, 0.25) is 11.8 Å². The number of ether oxygens (including phenoxy) is 1. The van der Waals surface area contributed by atoms with Crippen molar-refractivity contribution in [2.24, 2.45) is 0 Å². The molecule has 30 heavy (non-hydrogen) atoms. The lowest BCUT2D eigenvalue weighted by Crippen LogP contribution is -2.50. The number of nitrogens with zero attached hydrogens (tertiary/aromatic N) is 6. The summed E-state index contributed by atoms with van der Waals surface area (Å²) in [6.45, 7) is 4.81. The van der Waals surface area contributed by atoms with E-state index < -0.39 is 5.60 Å². The molecule has 9 nitrogen and oxygen atoms in total. The second-order valence-electron chi connectivity index (χ2n) is 7.90. The Morgan fingerprint density at radius 2 is 2.10 bits per heavy atom. The van der Waals surface area contributed by atoms with Crippen LogP contribution in [0, 0.1) is 0 Å². The number of aromatic nitrogens is 6. The maximum atomic E-state index is 10.2. The lowest BCUT2D eigenvalue weighted by atomic mass is 9.74. The van der Waals surface area contributed by atoms with Gasteiger partial charge in [0.25, 0.3) is 0 Å². The standard InChI is InChI=1S/C21H25N7O2/c1-4-21(29)11-14(12-21)22-20-23-19(30-3)18-15(8-9-28(18)25-20)13-6-7-16-17(10-13)27(5-2)26-24-16/h6-10,14,29H,4-5,11-12H2,1-3H3,(H,22,25). The minimum atomic E-state index is -0.564. The number of hydrogen-bond donors (Lipinski definition) is 2. The van der Waals surface area contributed by atoms with Crippen LogP contribution in [0.3, 0.4) is 0 Å². The predicted molar refractivity (Wildman–Crippen MR) is 114 cm³/mol. The van der Waals surface area contributed by atoms with Crippen LogP contribution in [0.5, 0.6) is 5.88 Å². The Hall–Kier alpha value is -3.20. The van der Waals surface area contributed by atoms with Crippen LogP contribution < -0.4 is 10.1 Å². The molecule has 9 heteroatoms. The van der Waals surface area contributed by atoms with Crippen LogP contribution in [0.1, 0.15) is 33.1 Å². The Morgan fingerprint density at radius 1 is 1.27 bits per heavy atom. The summed E-state index contributed by atoms with van der Waals surface area (Å²) in [5.74, 6) is 0.994. The van der Waals surface area contributed by atoms with Gasteiger partial charge in [-0.2, -0.15) is 4.98 Å². The lowest BCUT2D eigenvalue weighted by Gasteiger charge is -2.43. The molecule has 156 valence electrons. The first-order valence-corrected chi connectivity index (χ1v) is 10.3. The van der Waals surface area contributed by atoms with Gasteiger partial charge in [-0.05, 0) is 49.9 Å². The summed E-state index contributed by atoms with van der Waals surface area (Å²) in [7, 11) is 1.61. The molecule has 0 radical (unpaired) electrons. The molecule has 0 amide bonds. The first-order chi connectivity index (χ1) is 14.5. The molecule has 1 fully saturated rings. The highest BCUT2D eigenvalue weighted by molar-refractivity contribution is 5.89. The number of methoxy groups -OCH3 is 1. The number of anilines is 1. The van der Waals surface area contributed by atoms with Crippen molar-refractivity contribution in [1.29, 1.82) is 0 Å². The third kappa shape index (κ3) is 2.97. The number of aryl methyl sites for hydroxylation is 1. The number of rotatable bonds is 6. The van der Waals surface area contributed by atoms with E-state index in [2.05, 4.69) is 31.8 Å². The molecule has 0 atom stereocenters. The summed E-state index contributed by atoms with van der Waals surface area (Å²) in [5.41, 5.74) is 4.10. The van der Waals surface area contributed by atoms with Crippen molar-refractivity contribution < 1.29 is 9.84 Å². The molecule has 0 aliphatic heterocycles. The minimum absolute atomic E-state index is 0.163. The van der Waals surface area contributed by atoms with Crippen LogP contribution in [0.2, 0.25) is 0 Å². The second kappa shape index (κ2) is 6.94. The fourth-order valence-corrected chi connectivity index (χ4v) is 4.23. The number of fused-ring (bicyclic) bond motifs is 2. The van der Waals surface area contributed by atoms with E-state index in [4.69, 9.17) is 4.74 Å². The lowest BCUT2D eigenvalue weighted by molar-refractivity contribution is -0.0442. The zero-order valence-electron chi connectivity index (χ0n) is 17.3. The van der Waals surface area contributed by atoms with E-state index in [1.807, 2.05) is 42.9 Å². The average molecular weight is 407 g/mol. The Morgan fingerprint density at radius 3 is 2.83 bits per heavy atom. The zero-order valence-corrected chi connectivity index (χ0v) is 17.3. The fraction of sp³-hybridized carbons (Fsp3) is 0.429. The van der Waals surface area contributed by atoms with Crippen molar-refractivity contribution in [3.8, 4) is 17.0 Å². The normalized spacial score (nSPS) is 21.1. The average Bonchev–Trinajstić information content (AvgIpc) is 3.35. The van der Waals surface area contributed by atoms with Crippen molar-refractivity contribution >= 4 is 22.5 Å². The van der Waals surface area contributed by atoms with Gasteiger partial charge in [0, 0.05) is 24.3 Å². The zero-order chi connectivity index (χ0) is 20.9. The Labute approximate surface area is 173 Å². The summed E-state index contributed by atoms with van der Waals surface area (Å²) in [5, 5.41) is 26.6. The van der Waals surface area contributed by atoms with Crippen molar-refractivity contribution in [3.63, 3.8) is 0 Å². The van der Waals surface area contributed by atoms with Crippen LogP contribution >= 0.6 is 0 Å². The monoisotopic (exact) mass is 407 g/mol. The first-order valence-electron chi connectivity index (χ1n) is 10.3. The van der Waals surface area contributed by atoms with Crippen molar-refractivity contribution in [2.45, 2.75) is 51.3 Å². The molecule has 0 bridgehead atoms. The van der Waals surface area contributed by atoms with Crippen molar-refractivity contribution in [3.05, 3.63) is 30.5 Å². The molecule has 3 heterocycles.